The fourth-order valence-corrected chi connectivity index (χ4v) is 1.80. The maximum atomic E-state index is 10.6. The summed E-state index contributed by atoms with van der Waals surface area (Å²) < 4.78 is 5.56. The number of nitrogens with one attached hydrogen (secondary N) is 2. The minimum absolute atomic E-state index is 0.211. The Balaban J connectivity index is 2.18. The Morgan fingerprint density at radius 1 is 0.826 bits per heavy atom. The van der Waals surface area contributed by atoms with Crippen molar-refractivity contribution in [3.05, 3.63) is 36.4 Å². The third kappa shape index (κ3) is 4.17. The normalized spacial score (nSPS) is 9.91. The van der Waals surface area contributed by atoms with Crippen molar-refractivity contribution in [2.24, 2.45) is 0 Å². The van der Waals surface area contributed by atoms with E-state index in [1.807, 2.05) is 0 Å². The highest BCUT2D eigenvalue weighted by Crippen LogP contribution is 2.34. The van der Waals surface area contributed by atoms with Crippen molar-refractivity contribution < 1.29 is 24.5 Å². The number of amides is 2. The predicted molar refractivity (Wildman–Crippen MR) is 85.1 cm³/mol. The van der Waals surface area contributed by atoms with Crippen LogP contribution in [-0.2, 0) is 0 Å². The molecule has 0 aromatic heterocycles. The molecule has 0 aliphatic carbocycles. The van der Waals surface area contributed by atoms with Crippen LogP contribution in [0, 0.1) is 0 Å². The van der Waals surface area contributed by atoms with Gasteiger partial charge in [-0.1, -0.05) is 0 Å². The highest BCUT2D eigenvalue weighted by Gasteiger charge is 2.09. The molecule has 0 bridgehead atoms. The summed E-state index contributed by atoms with van der Waals surface area (Å²) in [5.74, 6) is 0.568. The van der Waals surface area contributed by atoms with Gasteiger partial charge < -0.3 is 26.4 Å². The summed E-state index contributed by atoms with van der Waals surface area (Å²) >= 11 is 0. The second-order valence-electron chi connectivity index (χ2n) is 4.47. The Hall–Kier alpha value is -3.62. The second kappa shape index (κ2) is 6.43. The zero-order valence-electron chi connectivity index (χ0n) is 11.7. The molecule has 8 N–H and O–H groups in total. The van der Waals surface area contributed by atoms with Crippen molar-refractivity contribution in [1.82, 2.24) is 0 Å². The summed E-state index contributed by atoms with van der Waals surface area (Å²) in [5.41, 5.74) is 12.6. The average Bonchev–Trinajstić information content (AvgIpc) is 2.43. The highest BCUT2D eigenvalue weighted by atomic mass is 16.5. The van der Waals surface area contributed by atoms with Gasteiger partial charge in [0.25, 0.3) is 0 Å². The van der Waals surface area contributed by atoms with E-state index in [1.165, 1.54) is 36.4 Å². The van der Waals surface area contributed by atoms with E-state index >= 15 is 0 Å². The van der Waals surface area contributed by atoms with Crippen LogP contribution >= 0.6 is 0 Å². The Morgan fingerprint density at radius 2 is 1.22 bits per heavy atom. The first-order valence-corrected chi connectivity index (χ1v) is 6.32. The van der Waals surface area contributed by atoms with E-state index in [2.05, 4.69) is 10.6 Å². The summed E-state index contributed by atoms with van der Waals surface area (Å²) in [7, 11) is 0. The van der Waals surface area contributed by atoms with Crippen LogP contribution in [0.25, 0.3) is 0 Å². The van der Waals surface area contributed by atoms with Crippen LogP contribution in [0.2, 0.25) is 0 Å². The van der Waals surface area contributed by atoms with Gasteiger partial charge in [-0.05, 0) is 36.4 Å². The van der Waals surface area contributed by atoms with E-state index in [9.17, 15) is 9.59 Å². The highest BCUT2D eigenvalue weighted by molar-refractivity contribution is 5.85. The molecule has 23 heavy (non-hydrogen) atoms. The summed E-state index contributed by atoms with van der Waals surface area (Å²) in [4.78, 5) is 21.1. The van der Waals surface area contributed by atoms with Gasteiger partial charge in [-0.15, -0.1) is 0 Å². The van der Waals surface area contributed by atoms with Gasteiger partial charge in [-0.2, -0.15) is 0 Å². The zero-order valence-corrected chi connectivity index (χ0v) is 11.7. The molecule has 0 atom stereocenters. The van der Waals surface area contributed by atoms with Crippen LogP contribution in [0.1, 0.15) is 0 Å². The molecule has 2 aromatic carbocycles. The van der Waals surface area contributed by atoms with Gasteiger partial charge in [-0.3, -0.25) is 10.6 Å². The molecular formula is C14H14N4O5. The van der Waals surface area contributed by atoms with Crippen LogP contribution in [0.15, 0.2) is 36.4 Å². The summed E-state index contributed by atoms with van der Waals surface area (Å²) in [6.07, 6.45) is -2.41. The molecule has 0 aliphatic heterocycles. The van der Waals surface area contributed by atoms with Crippen molar-refractivity contribution in [1.29, 1.82) is 0 Å². The number of rotatable bonds is 4. The van der Waals surface area contributed by atoms with Crippen molar-refractivity contribution in [3.8, 4) is 11.5 Å². The summed E-state index contributed by atoms with van der Waals surface area (Å²) in [5, 5.41) is 21.6. The topological polar surface area (TPSA) is 160 Å². The number of nitrogens with two attached hydrogens (primary N) is 2. The Bertz CT molecular complexity index is 699. The molecule has 0 saturated heterocycles. The molecule has 0 heterocycles. The van der Waals surface area contributed by atoms with Gasteiger partial charge >= 0.3 is 12.2 Å². The molecule has 2 rings (SSSR count). The number of hydrogen-bond donors (Lipinski definition) is 6. The smallest absolute Gasteiger partial charge is 0.409 e. The predicted octanol–water partition coefficient (Wildman–Crippen LogP) is 2.82. The first kappa shape index (κ1) is 15.8. The SMILES string of the molecule is Nc1cc(NC(=O)O)ccc1Oc1ccc(NC(=O)O)cc1N. The minimum Gasteiger partial charge on any atom is -0.465 e. The molecule has 2 amide bonds. The van der Waals surface area contributed by atoms with Crippen molar-refractivity contribution in [3.63, 3.8) is 0 Å². The van der Waals surface area contributed by atoms with Crippen molar-refractivity contribution in [2.45, 2.75) is 0 Å². The molecular weight excluding hydrogens is 304 g/mol. The van der Waals surface area contributed by atoms with Gasteiger partial charge in [0.1, 0.15) is 0 Å². The van der Waals surface area contributed by atoms with Gasteiger partial charge in [0, 0.05) is 11.4 Å². The van der Waals surface area contributed by atoms with E-state index in [0.29, 0.717) is 11.4 Å². The van der Waals surface area contributed by atoms with Crippen molar-refractivity contribution in [2.75, 3.05) is 22.1 Å². The molecule has 9 nitrogen and oxygen atoms in total. The van der Waals surface area contributed by atoms with Crippen LogP contribution in [0.4, 0.5) is 32.3 Å². The first-order chi connectivity index (χ1) is 10.8. The molecule has 0 aliphatic rings. The van der Waals surface area contributed by atoms with Crippen LogP contribution in [0.3, 0.4) is 0 Å². The number of benzene rings is 2. The van der Waals surface area contributed by atoms with E-state index < -0.39 is 12.2 Å². The lowest BCUT2D eigenvalue weighted by molar-refractivity contribution is 0.208. The fraction of sp³-hybridized carbons (Fsp3) is 0. The summed E-state index contributed by atoms with van der Waals surface area (Å²) in [6, 6.07) is 8.75. The van der Waals surface area contributed by atoms with Gasteiger partial charge in [0.05, 0.1) is 11.4 Å². The monoisotopic (exact) mass is 318 g/mol. The lowest BCUT2D eigenvalue weighted by Gasteiger charge is -2.12. The second-order valence-corrected chi connectivity index (χ2v) is 4.47. The standard InChI is InChI=1S/C14H14N4O5/c15-9-5-7(17-13(19)20)1-3-11(9)23-12-4-2-8(6-10(12)16)18-14(21)22/h1-6,17-18H,15-16H2,(H,19,20)(H,21,22). The third-order valence-corrected chi connectivity index (χ3v) is 2.74. The average molecular weight is 318 g/mol. The van der Waals surface area contributed by atoms with Crippen molar-refractivity contribution >= 4 is 34.9 Å². The Kier molecular flexibility index (Phi) is 4.41. The molecule has 0 unspecified atom stereocenters. The fourth-order valence-electron chi connectivity index (χ4n) is 1.80. The molecule has 0 fully saturated rings. The lowest BCUT2D eigenvalue weighted by atomic mass is 10.2. The van der Waals surface area contributed by atoms with E-state index in [-0.39, 0.29) is 22.9 Å². The van der Waals surface area contributed by atoms with E-state index in [0.717, 1.165) is 0 Å². The third-order valence-electron chi connectivity index (χ3n) is 2.74. The number of nitrogen functional groups attached to an aromatic ring is 2. The largest absolute Gasteiger partial charge is 0.465 e. The number of ether oxygens (including phenoxy) is 1. The first-order valence-electron chi connectivity index (χ1n) is 6.32. The number of carboxylic acid groups (broad SMARTS) is 2. The maximum Gasteiger partial charge on any atom is 0.409 e. The van der Waals surface area contributed by atoms with E-state index in [1.54, 1.807) is 0 Å². The van der Waals surface area contributed by atoms with Gasteiger partial charge in [-0.25, -0.2) is 9.59 Å². The molecule has 0 radical (unpaired) electrons. The molecule has 120 valence electrons. The molecule has 0 spiro atoms. The molecule has 2 aromatic rings. The van der Waals surface area contributed by atoms with Gasteiger partial charge in [0.15, 0.2) is 11.5 Å². The lowest BCUT2D eigenvalue weighted by Crippen LogP contribution is -2.08. The Labute approximate surface area is 130 Å². The quantitative estimate of drug-likeness (QED) is 0.472. The van der Waals surface area contributed by atoms with Crippen LogP contribution in [-0.4, -0.2) is 22.4 Å². The number of carbonyl (C=O) groups is 2. The zero-order chi connectivity index (χ0) is 17.0. The number of hydrogen-bond acceptors (Lipinski definition) is 5. The van der Waals surface area contributed by atoms with Gasteiger partial charge in [0.2, 0.25) is 0 Å². The molecule has 9 heteroatoms. The van der Waals surface area contributed by atoms with E-state index in [4.69, 9.17) is 26.4 Å². The Morgan fingerprint density at radius 3 is 1.52 bits per heavy atom. The van der Waals surface area contributed by atoms with Crippen LogP contribution < -0.4 is 26.8 Å². The summed E-state index contributed by atoms with van der Waals surface area (Å²) in [6.45, 7) is 0. The minimum atomic E-state index is -1.20. The maximum absolute atomic E-state index is 10.6. The molecule has 0 saturated carbocycles. The number of anilines is 4. The van der Waals surface area contributed by atoms with Crippen LogP contribution in [0.5, 0.6) is 11.5 Å².